The maximum absolute atomic E-state index is 10.4. The molecule has 1 saturated heterocycles. The van der Waals surface area contributed by atoms with Gasteiger partial charge in [-0.05, 0) is 26.2 Å². The van der Waals surface area contributed by atoms with E-state index >= 15 is 0 Å². The van der Waals surface area contributed by atoms with Crippen LogP contribution in [0.5, 0.6) is 0 Å². The summed E-state index contributed by atoms with van der Waals surface area (Å²) in [7, 11) is -2.23. The minimum Gasteiger partial charge on any atom is -0.346 e. The molecule has 1 rings (SSSR count). The van der Waals surface area contributed by atoms with Crippen LogP contribution in [0.2, 0.25) is 0 Å². The normalized spacial score (nSPS) is 34.0. The highest BCUT2D eigenvalue weighted by atomic mass is 31.1. The molecule has 3 nitrogen and oxygen atoms in total. The third-order valence-corrected chi connectivity index (χ3v) is 2.89. The van der Waals surface area contributed by atoms with Crippen molar-refractivity contribution in [3.8, 4) is 0 Å². The van der Waals surface area contributed by atoms with Crippen molar-refractivity contribution < 1.29 is 9.46 Å². The van der Waals surface area contributed by atoms with Gasteiger partial charge in [-0.2, -0.15) is 0 Å². The fourth-order valence-corrected chi connectivity index (χ4v) is 2.14. The molecule has 0 amide bonds. The Labute approximate surface area is 68.1 Å². The highest BCUT2D eigenvalue weighted by molar-refractivity contribution is 7.37. The topological polar surface area (TPSA) is 49.3 Å². The molecule has 0 aromatic heterocycles. The first-order chi connectivity index (χ1) is 5.18. The van der Waals surface area contributed by atoms with Crippen LogP contribution in [0.3, 0.4) is 0 Å². The summed E-state index contributed by atoms with van der Waals surface area (Å²) in [5.41, 5.74) is 0. The zero-order valence-corrected chi connectivity index (χ0v) is 7.84. The molecule has 1 fully saturated rings. The zero-order valence-electron chi connectivity index (χ0n) is 6.84. The van der Waals surface area contributed by atoms with Crippen LogP contribution in [-0.4, -0.2) is 23.1 Å². The second-order valence-corrected chi connectivity index (χ2v) is 4.56. The maximum atomic E-state index is 10.4. The lowest BCUT2D eigenvalue weighted by molar-refractivity contribution is 0.489. The summed E-state index contributed by atoms with van der Waals surface area (Å²) in [5.74, 6) is 0. The Bertz CT molecular complexity index is 151. The molecule has 66 valence electrons. The maximum Gasteiger partial charge on any atom is 0.189 e. The van der Waals surface area contributed by atoms with Crippen LogP contribution >= 0.6 is 8.03 Å². The van der Waals surface area contributed by atoms with E-state index in [1.807, 2.05) is 0 Å². The van der Waals surface area contributed by atoms with E-state index in [0.29, 0.717) is 18.2 Å². The molecule has 1 unspecified atom stereocenters. The van der Waals surface area contributed by atoms with Gasteiger partial charge in [0.05, 0.1) is 0 Å². The van der Waals surface area contributed by atoms with Crippen molar-refractivity contribution in [2.75, 3.05) is 6.16 Å². The van der Waals surface area contributed by atoms with Crippen molar-refractivity contribution in [3.05, 3.63) is 0 Å². The summed E-state index contributed by atoms with van der Waals surface area (Å²) in [6.07, 6.45) is 3.71. The van der Waals surface area contributed by atoms with Crippen LogP contribution in [0.4, 0.5) is 0 Å². The van der Waals surface area contributed by atoms with E-state index < -0.39 is 8.03 Å². The van der Waals surface area contributed by atoms with Crippen molar-refractivity contribution in [2.24, 2.45) is 0 Å². The van der Waals surface area contributed by atoms with Crippen molar-refractivity contribution in [2.45, 2.75) is 38.3 Å². The molecule has 1 heterocycles. The molecule has 0 aromatic carbocycles. The van der Waals surface area contributed by atoms with Crippen LogP contribution < -0.4 is 5.32 Å². The molecule has 0 bridgehead atoms. The molecule has 0 saturated carbocycles. The fraction of sp³-hybridized carbons (Fsp3) is 1.00. The first-order valence-electron chi connectivity index (χ1n) is 4.16. The van der Waals surface area contributed by atoms with Crippen molar-refractivity contribution in [1.82, 2.24) is 5.32 Å². The zero-order chi connectivity index (χ0) is 8.27. The van der Waals surface area contributed by atoms with E-state index in [-0.39, 0.29) is 0 Å². The minimum atomic E-state index is -2.23. The molecule has 1 aliphatic heterocycles. The van der Waals surface area contributed by atoms with Gasteiger partial charge in [0.2, 0.25) is 0 Å². The Kier molecular flexibility index (Phi) is 3.57. The predicted octanol–water partition coefficient (Wildman–Crippen LogP) is 0.984. The molecular formula is C7H16NO2P. The SMILES string of the molecule is C[C@H]1CC[C@@H](CC[PH](=O)O)N1. The first-order valence-corrected chi connectivity index (χ1v) is 5.72. The molecule has 2 N–H and O–H groups in total. The second kappa shape index (κ2) is 4.24. The van der Waals surface area contributed by atoms with Crippen LogP contribution in [0.15, 0.2) is 0 Å². The Morgan fingerprint density at radius 1 is 1.64 bits per heavy atom. The molecule has 0 radical (unpaired) electrons. The van der Waals surface area contributed by atoms with E-state index in [9.17, 15) is 4.57 Å². The molecule has 0 spiro atoms. The van der Waals surface area contributed by atoms with Gasteiger partial charge in [-0.25, -0.2) is 0 Å². The van der Waals surface area contributed by atoms with E-state index in [0.717, 1.165) is 12.8 Å². The Balaban J connectivity index is 2.13. The minimum absolute atomic E-state index is 0.481. The van der Waals surface area contributed by atoms with Crippen molar-refractivity contribution in [3.63, 3.8) is 0 Å². The highest BCUT2D eigenvalue weighted by Gasteiger charge is 2.19. The monoisotopic (exact) mass is 177 g/mol. The summed E-state index contributed by atoms with van der Waals surface area (Å²) in [6.45, 7) is 2.15. The second-order valence-electron chi connectivity index (χ2n) is 3.27. The van der Waals surface area contributed by atoms with Gasteiger partial charge in [0.25, 0.3) is 0 Å². The Morgan fingerprint density at radius 3 is 2.82 bits per heavy atom. The number of hydrogen-bond acceptors (Lipinski definition) is 2. The molecular weight excluding hydrogens is 161 g/mol. The van der Waals surface area contributed by atoms with Crippen LogP contribution in [0.1, 0.15) is 26.2 Å². The van der Waals surface area contributed by atoms with Gasteiger partial charge in [0.15, 0.2) is 8.03 Å². The van der Waals surface area contributed by atoms with Crippen LogP contribution in [0.25, 0.3) is 0 Å². The smallest absolute Gasteiger partial charge is 0.189 e. The molecule has 11 heavy (non-hydrogen) atoms. The summed E-state index contributed by atoms with van der Waals surface area (Å²) < 4.78 is 10.4. The average Bonchev–Trinajstić information content (AvgIpc) is 2.31. The summed E-state index contributed by atoms with van der Waals surface area (Å²) in [6, 6.07) is 1.09. The summed E-state index contributed by atoms with van der Waals surface area (Å²) in [5, 5.41) is 3.38. The predicted molar refractivity (Wildman–Crippen MR) is 46.3 cm³/mol. The Morgan fingerprint density at radius 2 is 2.36 bits per heavy atom. The molecule has 4 heteroatoms. The van der Waals surface area contributed by atoms with Gasteiger partial charge in [-0.3, -0.25) is 4.57 Å². The lowest BCUT2D eigenvalue weighted by Gasteiger charge is -2.09. The van der Waals surface area contributed by atoms with Crippen LogP contribution in [-0.2, 0) is 4.57 Å². The van der Waals surface area contributed by atoms with Gasteiger partial charge < -0.3 is 10.2 Å². The molecule has 1 aliphatic rings. The number of nitrogens with one attached hydrogen (secondary N) is 1. The van der Waals surface area contributed by atoms with Crippen molar-refractivity contribution >= 4 is 8.03 Å². The third-order valence-electron chi connectivity index (χ3n) is 2.18. The van der Waals surface area contributed by atoms with Gasteiger partial charge in [0.1, 0.15) is 0 Å². The summed E-state index contributed by atoms with van der Waals surface area (Å²) >= 11 is 0. The van der Waals surface area contributed by atoms with Gasteiger partial charge >= 0.3 is 0 Å². The third kappa shape index (κ3) is 3.37. The molecule has 3 atom stereocenters. The van der Waals surface area contributed by atoms with Crippen molar-refractivity contribution in [1.29, 1.82) is 0 Å². The first kappa shape index (κ1) is 9.24. The molecule has 0 aromatic rings. The van der Waals surface area contributed by atoms with E-state index in [1.165, 1.54) is 6.42 Å². The van der Waals surface area contributed by atoms with E-state index in [4.69, 9.17) is 4.89 Å². The van der Waals surface area contributed by atoms with E-state index in [2.05, 4.69) is 12.2 Å². The van der Waals surface area contributed by atoms with Gasteiger partial charge in [-0.1, -0.05) is 0 Å². The van der Waals surface area contributed by atoms with Gasteiger partial charge in [-0.15, -0.1) is 0 Å². The lowest BCUT2D eigenvalue weighted by Crippen LogP contribution is -2.27. The van der Waals surface area contributed by atoms with E-state index in [1.54, 1.807) is 0 Å². The van der Waals surface area contributed by atoms with Crippen LogP contribution in [0, 0.1) is 0 Å². The highest BCUT2D eigenvalue weighted by Crippen LogP contribution is 2.20. The standard InChI is InChI=1S/C7H16NO2P/c1-6-2-3-7(8-6)4-5-11(9)10/h6-8,11H,2-5H2,1H3,(H,9,10)/t6-,7-/m0/s1. The average molecular weight is 177 g/mol. The largest absolute Gasteiger partial charge is 0.346 e. The number of rotatable bonds is 3. The van der Waals surface area contributed by atoms with Gasteiger partial charge in [0, 0.05) is 18.2 Å². The Hall–Kier alpha value is 0.150. The molecule has 0 aliphatic carbocycles. The fourth-order valence-electron chi connectivity index (χ4n) is 1.55. The summed E-state index contributed by atoms with van der Waals surface area (Å²) in [4.78, 5) is 8.60. The number of hydrogen-bond donors (Lipinski definition) is 2. The lowest BCUT2D eigenvalue weighted by atomic mass is 10.2. The quantitative estimate of drug-likeness (QED) is 0.632.